The molecule has 1 N–H and O–H groups in total. The number of methoxy groups -OCH3 is 1. The largest absolute Gasteiger partial charge is 0.496 e. The molecule has 0 spiro atoms. The third kappa shape index (κ3) is 4.33. The Morgan fingerprint density at radius 2 is 1.93 bits per heavy atom. The molecule has 1 amide bonds. The molecule has 8 heteroatoms. The van der Waals surface area contributed by atoms with E-state index in [1.165, 1.54) is 17.8 Å². The average Bonchev–Trinajstić information content (AvgIpc) is 3.06. The SMILES string of the molecule is COc1ccccc1CNC(=O)[C@H](C)Sc1nnc(-c2ccccc2F)n1C. The highest BCUT2D eigenvalue weighted by atomic mass is 32.2. The zero-order valence-electron chi connectivity index (χ0n) is 15.8. The van der Waals surface area contributed by atoms with E-state index >= 15 is 0 Å². The molecule has 28 heavy (non-hydrogen) atoms. The van der Waals surface area contributed by atoms with Gasteiger partial charge in [-0.2, -0.15) is 0 Å². The number of amides is 1. The second-order valence-electron chi connectivity index (χ2n) is 6.13. The number of rotatable bonds is 7. The lowest BCUT2D eigenvalue weighted by Gasteiger charge is -2.13. The van der Waals surface area contributed by atoms with Crippen LogP contribution in [0.2, 0.25) is 0 Å². The van der Waals surface area contributed by atoms with Crippen molar-refractivity contribution < 1.29 is 13.9 Å². The van der Waals surface area contributed by atoms with Gasteiger partial charge < -0.3 is 14.6 Å². The Labute approximate surface area is 167 Å². The third-order valence-electron chi connectivity index (χ3n) is 4.25. The number of nitrogens with one attached hydrogen (secondary N) is 1. The number of thioether (sulfide) groups is 1. The van der Waals surface area contributed by atoms with Gasteiger partial charge in [-0.15, -0.1) is 10.2 Å². The van der Waals surface area contributed by atoms with Crippen molar-refractivity contribution in [3.8, 4) is 17.1 Å². The Kier molecular flexibility index (Phi) is 6.30. The van der Waals surface area contributed by atoms with E-state index in [-0.39, 0.29) is 11.7 Å². The molecule has 1 heterocycles. The highest BCUT2D eigenvalue weighted by molar-refractivity contribution is 8.00. The van der Waals surface area contributed by atoms with E-state index in [1.807, 2.05) is 24.3 Å². The number of carbonyl (C=O) groups is 1. The Hall–Kier alpha value is -2.87. The lowest BCUT2D eigenvalue weighted by atomic mass is 10.2. The first-order valence-corrected chi connectivity index (χ1v) is 9.59. The van der Waals surface area contributed by atoms with E-state index in [0.717, 1.165) is 11.3 Å². The lowest BCUT2D eigenvalue weighted by molar-refractivity contribution is -0.120. The molecule has 0 aliphatic heterocycles. The summed E-state index contributed by atoms with van der Waals surface area (Å²) in [4.78, 5) is 12.5. The molecule has 1 atom stereocenters. The monoisotopic (exact) mass is 400 g/mol. The molecule has 0 unspecified atom stereocenters. The fourth-order valence-electron chi connectivity index (χ4n) is 2.68. The number of benzene rings is 2. The van der Waals surface area contributed by atoms with Crippen LogP contribution >= 0.6 is 11.8 Å². The first kappa shape index (κ1) is 19.9. The van der Waals surface area contributed by atoms with Crippen molar-refractivity contribution in [1.82, 2.24) is 20.1 Å². The van der Waals surface area contributed by atoms with Crippen molar-refractivity contribution in [3.05, 3.63) is 59.9 Å². The normalized spacial score (nSPS) is 11.9. The average molecular weight is 400 g/mol. The van der Waals surface area contributed by atoms with E-state index in [4.69, 9.17) is 4.74 Å². The molecule has 3 rings (SSSR count). The van der Waals surface area contributed by atoms with Gasteiger partial charge in [-0.25, -0.2) is 4.39 Å². The fraction of sp³-hybridized carbons (Fsp3) is 0.250. The summed E-state index contributed by atoms with van der Waals surface area (Å²) in [7, 11) is 3.35. The zero-order valence-corrected chi connectivity index (χ0v) is 16.7. The van der Waals surface area contributed by atoms with E-state index in [2.05, 4.69) is 15.5 Å². The maximum absolute atomic E-state index is 14.0. The van der Waals surface area contributed by atoms with Gasteiger partial charge in [0.1, 0.15) is 11.6 Å². The van der Waals surface area contributed by atoms with Crippen LogP contribution in [0.4, 0.5) is 4.39 Å². The zero-order chi connectivity index (χ0) is 20.1. The summed E-state index contributed by atoms with van der Waals surface area (Å²) in [6, 6.07) is 13.9. The van der Waals surface area contributed by atoms with Crippen molar-refractivity contribution in [2.45, 2.75) is 23.9 Å². The minimum absolute atomic E-state index is 0.133. The second-order valence-corrected chi connectivity index (χ2v) is 7.44. The molecule has 2 aromatic carbocycles. The smallest absolute Gasteiger partial charge is 0.233 e. The minimum Gasteiger partial charge on any atom is -0.496 e. The summed E-state index contributed by atoms with van der Waals surface area (Å²) in [6.07, 6.45) is 0. The second kappa shape index (κ2) is 8.88. The lowest BCUT2D eigenvalue weighted by Crippen LogP contribution is -2.30. The van der Waals surface area contributed by atoms with Gasteiger partial charge in [0.2, 0.25) is 5.91 Å². The van der Waals surface area contributed by atoms with Crippen LogP contribution in [-0.2, 0) is 18.4 Å². The Balaban J connectivity index is 1.65. The van der Waals surface area contributed by atoms with Crippen molar-refractivity contribution >= 4 is 17.7 Å². The van der Waals surface area contributed by atoms with E-state index in [1.54, 1.807) is 43.8 Å². The van der Waals surface area contributed by atoms with Crippen LogP contribution in [0.3, 0.4) is 0 Å². The van der Waals surface area contributed by atoms with Crippen LogP contribution in [0, 0.1) is 5.82 Å². The number of para-hydroxylation sites is 1. The molecule has 146 valence electrons. The number of nitrogens with zero attached hydrogens (tertiary/aromatic N) is 3. The molecular weight excluding hydrogens is 379 g/mol. The fourth-order valence-corrected chi connectivity index (χ4v) is 3.52. The summed E-state index contributed by atoms with van der Waals surface area (Å²) in [5, 5.41) is 11.2. The maximum Gasteiger partial charge on any atom is 0.233 e. The van der Waals surface area contributed by atoms with Crippen LogP contribution in [-0.4, -0.2) is 33.0 Å². The van der Waals surface area contributed by atoms with E-state index in [9.17, 15) is 9.18 Å². The highest BCUT2D eigenvalue weighted by Gasteiger charge is 2.20. The first-order chi connectivity index (χ1) is 13.5. The molecule has 1 aromatic heterocycles. The molecule has 6 nitrogen and oxygen atoms in total. The summed E-state index contributed by atoms with van der Waals surface area (Å²) < 4.78 is 21.0. The van der Waals surface area contributed by atoms with E-state index in [0.29, 0.717) is 23.1 Å². The van der Waals surface area contributed by atoms with Gasteiger partial charge in [-0.1, -0.05) is 42.1 Å². The Bertz CT molecular complexity index is 976. The summed E-state index contributed by atoms with van der Waals surface area (Å²) in [6.45, 7) is 2.16. The highest BCUT2D eigenvalue weighted by Crippen LogP contribution is 2.27. The van der Waals surface area contributed by atoms with Crippen molar-refractivity contribution in [1.29, 1.82) is 0 Å². The maximum atomic E-state index is 14.0. The number of carbonyl (C=O) groups excluding carboxylic acids is 1. The standard InChI is InChI=1S/C20H21FN4O2S/c1-13(19(26)22-12-14-8-4-7-11-17(14)27-3)28-20-24-23-18(25(20)2)15-9-5-6-10-16(15)21/h4-11,13H,12H2,1-3H3,(H,22,26)/t13-/m0/s1. The van der Waals surface area contributed by atoms with Gasteiger partial charge in [0.05, 0.1) is 17.9 Å². The quantitative estimate of drug-likeness (QED) is 0.616. The summed E-state index contributed by atoms with van der Waals surface area (Å²) >= 11 is 1.27. The van der Waals surface area contributed by atoms with Gasteiger partial charge in [0.15, 0.2) is 11.0 Å². The number of hydrogen-bond donors (Lipinski definition) is 1. The van der Waals surface area contributed by atoms with Crippen molar-refractivity contribution in [2.24, 2.45) is 7.05 Å². The van der Waals surface area contributed by atoms with Crippen LogP contribution in [0.1, 0.15) is 12.5 Å². The first-order valence-electron chi connectivity index (χ1n) is 8.71. The Morgan fingerprint density at radius 3 is 2.68 bits per heavy atom. The third-order valence-corrected chi connectivity index (χ3v) is 5.38. The van der Waals surface area contributed by atoms with Gasteiger partial charge in [0, 0.05) is 19.2 Å². The molecule has 0 bridgehead atoms. The number of hydrogen-bond acceptors (Lipinski definition) is 5. The molecule has 0 aliphatic rings. The molecule has 0 radical (unpaired) electrons. The van der Waals surface area contributed by atoms with E-state index < -0.39 is 5.25 Å². The molecule has 0 aliphatic carbocycles. The molecular formula is C20H21FN4O2S. The van der Waals surface area contributed by atoms with Gasteiger partial charge >= 0.3 is 0 Å². The molecule has 3 aromatic rings. The van der Waals surface area contributed by atoms with Gasteiger partial charge in [-0.05, 0) is 25.1 Å². The van der Waals surface area contributed by atoms with Crippen LogP contribution in [0.25, 0.3) is 11.4 Å². The van der Waals surface area contributed by atoms with Crippen molar-refractivity contribution in [3.63, 3.8) is 0 Å². The Morgan fingerprint density at radius 1 is 1.21 bits per heavy atom. The number of aromatic nitrogens is 3. The minimum atomic E-state index is -0.397. The summed E-state index contributed by atoms with van der Waals surface area (Å²) in [5.41, 5.74) is 1.27. The van der Waals surface area contributed by atoms with Gasteiger partial charge in [0.25, 0.3) is 0 Å². The predicted octanol–water partition coefficient (Wildman–Crippen LogP) is 3.43. The predicted molar refractivity (Wildman–Crippen MR) is 107 cm³/mol. The van der Waals surface area contributed by atoms with Gasteiger partial charge in [-0.3, -0.25) is 4.79 Å². The van der Waals surface area contributed by atoms with Crippen LogP contribution in [0.5, 0.6) is 5.75 Å². The number of halogens is 1. The topological polar surface area (TPSA) is 69.0 Å². The van der Waals surface area contributed by atoms with Crippen LogP contribution in [0.15, 0.2) is 53.7 Å². The molecule has 0 saturated carbocycles. The molecule has 0 saturated heterocycles. The van der Waals surface area contributed by atoms with Crippen LogP contribution < -0.4 is 10.1 Å². The summed E-state index contributed by atoms with van der Waals surface area (Å²) in [5.74, 6) is 0.650. The van der Waals surface area contributed by atoms with Crippen molar-refractivity contribution in [2.75, 3.05) is 7.11 Å². The number of ether oxygens (including phenoxy) is 1. The molecule has 0 fully saturated rings.